The summed E-state index contributed by atoms with van der Waals surface area (Å²) in [6.45, 7) is 3.65. The normalized spacial score (nSPS) is 8.88. The van der Waals surface area contributed by atoms with Crippen LogP contribution in [0.5, 0.6) is 0 Å². The van der Waals surface area contributed by atoms with Gasteiger partial charge < -0.3 is 10.6 Å². The molecule has 0 aliphatic carbocycles. The SMILES string of the molecule is C=CCNC(=O)C(=O)Nc1ccc(C#N)cc1. The number of hydrogen-bond donors (Lipinski definition) is 2. The molecule has 0 heterocycles. The standard InChI is InChI=1S/C12H11N3O2/c1-2-7-14-11(16)12(17)15-10-5-3-9(8-13)4-6-10/h2-6H,1,7H2,(H,14,16)(H,15,17). The molecule has 5 nitrogen and oxygen atoms in total. The Morgan fingerprint density at radius 2 is 1.94 bits per heavy atom. The Kier molecular flexibility index (Phi) is 4.45. The van der Waals surface area contributed by atoms with Gasteiger partial charge in [-0.2, -0.15) is 5.26 Å². The van der Waals surface area contributed by atoms with Crippen molar-refractivity contribution in [3.8, 4) is 6.07 Å². The van der Waals surface area contributed by atoms with Crippen molar-refractivity contribution in [2.45, 2.75) is 0 Å². The van der Waals surface area contributed by atoms with E-state index in [1.807, 2.05) is 6.07 Å². The van der Waals surface area contributed by atoms with E-state index in [-0.39, 0.29) is 6.54 Å². The minimum atomic E-state index is -0.753. The number of amides is 2. The maximum atomic E-state index is 11.4. The minimum Gasteiger partial charge on any atom is -0.344 e. The predicted octanol–water partition coefficient (Wildman–Crippen LogP) is 0.799. The molecule has 0 fully saturated rings. The van der Waals surface area contributed by atoms with Crippen molar-refractivity contribution in [3.05, 3.63) is 42.5 Å². The third-order valence-corrected chi connectivity index (χ3v) is 1.89. The van der Waals surface area contributed by atoms with E-state index in [1.54, 1.807) is 24.3 Å². The lowest BCUT2D eigenvalue weighted by molar-refractivity contribution is -0.136. The lowest BCUT2D eigenvalue weighted by Gasteiger charge is -2.04. The van der Waals surface area contributed by atoms with Gasteiger partial charge in [-0.25, -0.2) is 0 Å². The van der Waals surface area contributed by atoms with Gasteiger partial charge in [-0.3, -0.25) is 9.59 Å². The lowest BCUT2D eigenvalue weighted by Crippen LogP contribution is -2.35. The van der Waals surface area contributed by atoms with Crippen LogP contribution >= 0.6 is 0 Å². The first-order valence-electron chi connectivity index (χ1n) is 4.87. The van der Waals surface area contributed by atoms with Gasteiger partial charge in [-0.1, -0.05) is 6.08 Å². The third-order valence-electron chi connectivity index (χ3n) is 1.89. The number of anilines is 1. The summed E-state index contributed by atoms with van der Waals surface area (Å²) in [5.41, 5.74) is 0.946. The second-order valence-corrected chi connectivity index (χ2v) is 3.14. The molecule has 0 saturated carbocycles. The average Bonchev–Trinajstić information content (AvgIpc) is 2.36. The predicted molar refractivity (Wildman–Crippen MR) is 63.0 cm³/mol. The van der Waals surface area contributed by atoms with Crippen LogP contribution in [0.4, 0.5) is 5.69 Å². The summed E-state index contributed by atoms with van der Waals surface area (Å²) < 4.78 is 0. The van der Waals surface area contributed by atoms with Crippen LogP contribution in [-0.2, 0) is 9.59 Å². The summed E-state index contributed by atoms with van der Waals surface area (Å²) >= 11 is 0. The second-order valence-electron chi connectivity index (χ2n) is 3.14. The van der Waals surface area contributed by atoms with Crippen LogP contribution in [0.25, 0.3) is 0 Å². The van der Waals surface area contributed by atoms with Gasteiger partial charge in [0.25, 0.3) is 0 Å². The number of nitrogens with zero attached hydrogens (tertiary/aromatic N) is 1. The quantitative estimate of drug-likeness (QED) is 0.594. The zero-order valence-electron chi connectivity index (χ0n) is 9.06. The molecule has 0 saturated heterocycles. The molecule has 0 aliphatic heterocycles. The van der Waals surface area contributed by atoms with E-state index in [9.17, 15) is 9.59 Å². The Bertz CT molecular complexity index is 472. The number of rotatable bonds is 3. The van der Waals surface area contributed by atoms with Crippen molar-refractivity contribution < 1.29 is 9.59 Å². The molecule has 17 heavy (non-hydrogen) atoms. The van der Waals surface area contributed by atoms with Crippen LogP contribution in [0, 0.1) is 11.3 Å². The molecule has 0 atom stereocenters. The fraction of sp³-hybridized carbons (Fsp3) is 0.0833. The van der Waals surface area contributed by atoms with Crippen LogP contribution in [0.3, 0.4) is 0 Å². The minimum absolute atomic E-state index is 0.236. The molecule has 0 spiro atoms. The number of nitrogens with one attached hydrogen (secondary N) is 2. The molecule has 2 amide bonds. The van der Waals surface area contributed by atoms with Gasteiger partial charge in [-0.15, -0.1) is 6.58 Å². The molecule has 1 aromatic rings. The van der Waals surface area contributed by atoms with E-state index in [4.69, 9.17) is 5.26 Å². The Morgan fingerprint density at radius 1 is 1.29 bits per heavy atom. The first kappa shape index (κ1) is 12.5. The molecule has 0 aromatic heterocycles. The van der Waals surface area contributed by atoms with Gasteiger partial charge in [0.1, 0.15) is 0 Å². The number of hydrogen-bond acceptors (Lipinski definition) is 3. The molecule has 0 aliphatic rings. The molecule has 2 N–H and O–H groups in total. The maximum absolute atomic E-state index is 11.4. The summed E-state index contributed by atoms with van der Waals surface area (Å²) in [6.07, 6.45) is 1.48. The highest BCUT2D eigenvalue weighted by molar-refractivity contribution is 6.39. The van der Waals surface area contributed by atoms with E-state index in [0.717, 1.165) is 0 Å². The largest absolute Gasteiger partial charge is 0.344 e. The van der Waals surface area contributed by atoms with E-state index in [0.29, 0.717) is 11.3 Å². The Morgan fingerprint density at radius 3 is 2.47 bits per heavy atom. The van der Waals surface area contributed by atoms with Crippen molar-refractivity contribution in [2.75, 3.05) is 11.9 Å². The molecule has 0 radical (unpaired) electrons. The van der Waals surface area contributed by atoms with Crippen molar-refractivity contribution in [1.82, 2.24) is 5.32 Å². The van der Waals surface area contributed by atoms with Gasteiger partial charge in [-0.05, 0) is 24.3 Å². The Labute approximate surface area is 98.7 Å². The number of carbonyl (C=O) groups is 2. The number of carbonyl (C=O) groups excluding carboxylic acids is 2. The van der Waals surface area contributed by atoms with Crippen LogP contribution in [0.1, 0.15) is 5.56 Å². The van der Waals surface area contributed by atoms with Gasteiger partial charge in [0.05, 0.1) is 11.6 Å². The third kappa shape index (κ3) is 3.80. The van der Waals surface area contributed by atoms with Crippen LogP contribution in [0.2, 0.25) is 0 Å². The highest BCUT2D eigenvalue weighted by Crippen LogP contribution is 2.08. The summed E-state index contributed by atoms with van der Waals surface area (Å²) in [4.78, 5) is 22.6. The molecule has 0 unspecified atom stereocenters. The molecular weight excluding hydrogens is 218 g/mol. The molecule has 1 aromatic carbocycles. The fourth-order valence-corrected chi connectivity index (χ4v) is 1.06. The van der Waals surface area contributed by atoms with Crippen molar-refractivity contribution in [2.24, 2.45) is 0 Å². The van der Waals surface area contributed by atoms with Gasteiger partial charge in [0.2, 0.25) is 0 Å². The molecule has 0 bridgehead atoms. The lowest BCUT2D eigenvalue weighted by atomic mass is 10.2. The maximum Gasteiger partial charge on any atom is 0.313 e. The molecule has 1 rings (SSSR count). The average molecular weight is 229 g/mol. The van der Waals surface area contributed by atoms with E-state index in [1.165, 1.54) is 6.08 Å². The zero-order valence-corrected chi connectivity index (χ0v) is 9.06. The summed E-state index contributed by atoms with van der Waals surface area (Å²) in [5, 5.41) is 13.3. The van der Waals surface area contributed by atoms with Crippen LogP contribution < -0.4 is 10.6 Å². The first-order valence-corrected chi connectivity index (χ1v) is 4.87. The molecule has 5 heteroatoms. The highest BCUT2D eigenvalue weighted by atomic mass is 16.2. The molecular formula is C12H11N3O2. The topological polar surface area (TPSA) is 82.0 Å². The van der Waals surface area contributed by atoms with Crippen molar-refractivity contribution in [1.29, 1.82) is 5.26 Å². The second kappa shape index (κ2) is 6.08. The van der Waals surface area contributed by atoms with Crippen molar-refractivity contribution >= 4 is 17.5 Å². The van der Waals surface area contributed by atoms with E-state index < -0.39 is 11.8 Å². The van der Waals surface area contributed by atoms with E-state index >= 15 is 0 Å². The van der Waals surface area contributed by atoms with Gasteiger partial charge >= 0.3 is 11.8 Å². The smallest absolute Gasteiger partial charge is 0.313 e. The Hall–Kier alpha value is -2.61. The zero-order chi connectivity index (χ0) is 12.7. The fourth-order valence-electron chi connectivity index (χ4n) is 1.06. The van der Waals surface area contributed by atoms with Gasteiger partial charge in [0, 0.05) is 12.2 Å². The summed E-state index contributed by atoms with van der Waals surface area (Å²) in [5.74, 6) is -1.48. The van der Waals surface area contributed by atoms with E-state index in [2.05, 4.69) is 17.2 Å². The van der Waals surface area contributed by atoms with Crippen LogP contribution in [0.15, 0.2) is 36.9 Å². The van der Waals surface area contributed by atoms with Crippen LogP contribution in [-0.4, -0.2) is 18.4 Å². The first-order chi connectivity index (χ1) is 8.17. The number of nitriles is 1. The monoisotopic (exact) mass is 229 g/mol. The summed E-state index contributed by atoms with van der Waals surface area (Å²) in [7, 11) is 0. The van der Waals surface area contributed by atoms with Crippen molar-refractivity contribution in [3.63, 3.8) is 0 Å². The van der Waals surface area contributed by atoms with Gasteiger partial charge in [0.15, 0.2) is 0 Å². The molecule has 86 valence electrons. The Balaban J connectivity index is 2.58. The number of benzene rings is 1. The highest BCUT2D eigenvalue weighted by Gasteiger charge is 2.11. The summed E-state index contributed by atoms with van der Waals surface area (Å²) in [6, 6.07) is 8.17.